The zero-order valence-electron chi connectivity index (χ0n) is 8.72. The lowest BCUT2D eigenvalue weighted by Gasteiger charge is -2.17. The maximum Gasteiger partial charge on any atom is 0.134 e. The third-order valence-corrected chi connectivity index (χ3v) is 3.66. The molecule has 4 nitrogen and oxygen atoms in total. The number of nitrogens with two attached hydrogens (primary N) is 1. The second kappa shape index (κ2) is 4.80. The normalized spacial score (nSPS) is 10.4. The SMILES string of the molecule is CN(Cc1csc(Br)c1)c1cc(N)ncn1. The van der Waals surface area contributed by atoms with Gasteiger partial charge in [-0.05, 0) is 32.9 Å². The van der Waals surface area contributed by atoms with Crippen molar-refractivity contribution in [3.8, 4) is 0 Å². The molecule has 0 aliphatic carbocycles. The van der Waals surface area contributed by atoms with Crippen molar-refractivity contribution in [2.75, 3.05) is 17.7 Å². The maximum absolute atomic E-state index is 5.61. The molecule has 84 valence electrons. The number of nitrogen functional groups attached to an aromatic ring is 1. The molecule has 0 amide bonds. The fourth-order valence-corrected chi connectivity index (χ4v) is 2.55. The largest absolute Gasteiger partial charge is 0.384 e. The molecule has 0 radical (unpaired) electrons. The molecule has 0 bridgehead atoms. The maximum atomic E-state index is 5.61. The van der Waals surface area contributed by atoms with E-state index in [4.69, 9.17) is 5.73 Å². The van der Waals surface area contributed by atoms with Crippen molar-refractivity contribution in [1.29, 1.82) is 0 Å². The minimum absolute atomic E-state index is 0.489. The second-order valence-corrected chi connectivity index (χ2v) is 5.71. The molecule has 0 saturated heterocycles. The van der Waals surface area contributed by atoms with E-state index in [0.29, 0.717) is 5.82 Å². The molecular weight excluding hydrogens is 288 g/mol. The molecule has 0 aliphatic rings. The van der Waals surface area contributed by atoms with Crippen LogP contribution in [0.1, 0.15) is 5.56 Å². The Hall–Kier alpha value is -1.14. The second-order valence-electron chi connectivity index (χ2n) is 3.42. The summed E-state index contributed by atoms with van der Waals surface area (Å²) in [5, 5.41) is 2.12. The van der Waals surface area contributed by atoms with E-state index in [2.05, 4.69) is 37.3 Å². The van der Waals surface area contributed by atoms with Crippen molar-refractivity contribution in [2.24, 2.45) is 0 Å². The van der Waals surface area contributed by atoms with Crippen LogP contribution in [-0.4, -0.2) is 17.0 Å². The summed E-state index contributed by atoms with van der Waals surface area (Å²) < 4.78 is 1.14. The summed E-state index contributed by atoms with van der Waals surface area (Å²) in [4.78, 5) is 10.1. The number of thiophene rings is 1. The lowest BCUT2D eigenvalue weighted by atomic mass is 10.3. The summed E-state index contributed by atoms with van der Waals surface area (Å²) in [7, 11) is 1.98. The van der Waals surface area contributed by atoms with E-state index in [-0.39, 0.29) is 0 Å². The molecule has 2 rings (SSSR count). The van der Waals surface area contributed by atoms with Crippen molar-refractivity contribution >= 4 is 38.9 Å². The van der Waals surface area contributed by atoms with Gasteiger partial charge in [-0.3, -0.25) is 0 Å². The van der Waals surface area contributed by atoms with E-state index in [9.17, 15) is 0 Å². The average molecular weight is 299 g/mol. The Morgan fingerprint density at radius 3 is 2.88 bits per heavy atom. The van der Waals surface area contributed by atoms with Crippen LogP contribution in [0.3, 0.4) is 0 Å². The fourth-order valence-electron chi connectivity index (χ4n) is 1.35. The number of halogens is 1. The molecular formula is C10H11BrN4S. The molecule has 2 aromatic heterocycles. The topological polar surface area (TPSA) is 55.0 Å². The van der Waals surface area contributed by atoms with Gasteiger partial charge < -0.3 is 10.6 Å². The molecule has 0 aliphatic heterocycles. The van der Waals surface area contributed by atoms with Crippen LogP contribution in [0.5, 0.6) is 0 Å². The number of aromatic nitrogens is 2. The Bertz CT molecular complexity index is 485. The molecule has 0 unspecified atom stereocenters. The Kier molecular flexibility index (Phi) is 3.40. The summed E-state index contributed by atoms with van der Waals surface area (Å²) in [5.41, 5.74) is 6.86. The molecule has 0 atom stereocenters. The molecule has 6 heteroatoms. The molecule has 0 fully saturated rings. The van der Waals surface area contributed by atoms with Crippen molar-refractivity contribution in [3.05, 3.63) is 33.2 Å². The highest BCUT2D eigenvalue weighted by Crippen LogP contribution is 2.22. The van der Waals surface area contributed by atoms with Gasteiger partial charge in [-0.2, -0.15) is 0 Å². The number of nitrogens with zero attached hydrogens (tertiary/aromatic N) is 3. The van der Waals surface area contributed by atoms with Crippen LogP contribution in [-0.2, 0) is 6.54 Å². The van der Waals surface area contributed by atoms with Crippen LogP contribution in [0.15, 0.2) is 27.6 Å². The highest BCUT2D eigenvalue weighted by molar-refractivity contribution is 9.11. The van der Waals surface area contributed by atoms with E-state index < -0.39 is 0 Å². The predicted molar refractivity (Wildman–Crippen MR) is 70.6 cm³/mol. The van der Waals surface area contributed by atoms with Gasteiger partial charge in [0.05, 0.1) is 3.79 Å². The van der Waals surface area contributed by atoms with Gasteiger partial charge in [0.25, 0.3) is 0 Å². The van der Waals surface area contributed by atoms with E-state index in [1.54, 1.807) is 17.4 Å². The number of anilines is 2. The molecule has 0 aromatic carbocycles. The smallest absolute Gasteiger partial charge is 0.134 e. The van der Waals surface area contributed by atoms with Crippen LogP contribution in [0.25, 0.3) is 0 Å². The molecule has 2 heterocycles. The minimum Gasteiger partial charge on any atom is -0.384 e. The summed E-state index contributed by atoms with van der Waals surface area (Å²) in [5.74, 6) is 1.32. The Morgan fingerprint density at radius 1 is 1.44 bits per heavy atom. The average Bonchev–Trinajstić information content (AvgIpc) is 2.64. The lowest BCUT2D eigenvalue weighted by molar-refractivity contribution is 0.895. The number of hydrogen-bond acceptors (Lipinski definition) is 5. The van der Waals surface area contributed by atoms with Gasteiger partial charge in [0, 0.05) is 19.7 Å². The van der Waals surface area contributed by atoms with E-state index in [1.807, 2.05) is 11.9 Å². The first kappa shape index (κ1) is 11.3. The summed E-state index contributed by atoms with van der Waals surface area (Å²) in [6, 6.07) is 3.87. The van der Waals surface area contributed by atoms with Gasteiger partial charge in [0.15, 0.2) is 0 Å². The Labute approximate surface area is 106 Å². The van der Waals surface area contributed by atoms with Crippen LogP contribution in [0, 0.1) is 0 Å². The fraction of sp³-hybridized carbons (Fsp3) is 0.200. The molecule has 2 aromatic rings. The first-order valence-corrected chi connectivity index (χ1v) is 6.34. The third-order valence-electron chi connectivity index (χ3n) is 2.11. The van der Waals surface area contributed by atoms with Crippen LogP contribution in [0.4, 0.5) is 11.6 Å². The standard InChI is InChI=1S/C10H11BrN4S/c1-15(4-7-2-8(11)16-5-7)10-3-9(12)13-6-14-10/h2-3,5-6H,4H2,1H3,(H2,12,13,14). The van der Waals surface area contributed by atoms with Gasteiger partial charge in [-0.25, -0.2) is 9.97 Å². The molecule has 0 spiro atoms. The van der Waals surface area contributed by atoms with Gasteiger partial charge in [0.1, 0.15) is 18.0 Å². The molecule has 0 saturated carbocycles. The predicted octanol–water partition coefficient (Wildman–Crippen LogP) is 2.52. The first-order valence-electron chi connectivity index (χ1n) is 4.67. The lowest BCUT2D eigenvalue weighted by Crippen LogP contribution is -2.17. The molecule has 16 heavy (non-hydrogen) atoms. The first-order chi connectivity index (χ1) is 7.65. The van der Waals surface area contributed by atoms with Crippen molar-refractivity contribution < 1.29 is 0 Å². The summed E-state index contributed by atoms with van der Waals surface area (Å²) >= 11 is 5.12. The Balaban J connectivity index is 2.11. The quantitative estimate of drug-likeness (QED) is 0.946. The number of rotatable bonds is 3. The highest BCUT2D eigenvalue weighted by Gasteiger charge is 2.05. The van der Waals surface area contributed by atoms with Crippen molar-refractivity contribution in [2.45, 2.75) is 6.54 Å². The van der Waals surface area contributed by atoms with Gasteiger partial charge >= 0.3 is 0 Å². The minimum atomic E-state index is 0.489. The summed E-state index contributed by atoms with van der Waals surface area (Å²) in [6.07, 6.45) is 1.48. The highest BCUT2D eigenvalue weighted by atomic mass is 79.9. The van der Waals surface area contributed by atoms with E-state index in [0.717, 1.165) is 16.1 Å². The van der Waals surface area contributed by atoms with Crippen LogP contribution >= 0.6 is 27.3 Å². The van der Waals surface area contributed by atoms with Crippen LogP contribution in [0.2, 0.25) is 0 Å². The molecule has 2 N–H and O–H groups in total. The van der Waals surface area contributed by atoms with Gasteiger partial charge in [0.2, 0.25) is 0 Å². The monoisotopic (exact) mass is 298 g/mol. The van der Waals surface area contributed by atoms with Gasteiger partial charge in [-0.1, -0.05) is 0 Å². The van der Waals surface area contributed by atoms with Crippen molar-refractivity contribution in [3.63, 3.8) is 0 Å². The number of hydrogen-bond donors (Lipinski definition) is 1. The summed E-state index contributed by atoms with van der Waals surface area (Å²) in [6.45, 7) is 0.804. The zero-order chi connectivity index (χ0) is 11.5. The zero-order valence-corrected chi connectivity index (χ0v) is 11.1. The van der Waals surface area contributed by atoms with E-state index >= 15 is 0 Å². The Morgan fingerprint density at radius 2 is 2.25 bits per heavy atom. The van der Waals surface area contributed by atoms with Gasteiger partial charge in [-0.15, -0.1) is 11.3 Å². The van der Waals surface area contributed by atoms with E-state index in [1.165, 1.54) is 11.9 Å². The van der Waals surface area contributed by atoms with Crippen molar-refractivity contribution in [1.82, 2.24) is 9.97 Å². The van der Waals surface area contributed by atoms with Crippen LogP contribution < -0.4 is 10.6 Å². The third kappa shape index (κ3) is 2.70.